The Labute approximate surface area is 230 Å². The minimum Gasteiger partial charge on any atom is -0.477 e. The summed E-state index contributed by atoms with van der Waals surface area (Å²) < 4.78 is 23.4. The van der Waals surface area contributed by atoms with Gasteiger partial charge in [-0.2, -0.15) is 5.10 Å². The first kappa shape index (κ1) is 28.3. The Kier molecular flexibility index (Phi) is 9.33. The number of nitro benzene ring substituents is 1. The number of rotatable bonds is 12. The van der Waals surface area contributed by atoms with Gasteiger partial charge in [0, 0.05) is 25.2 Å². The molecule has 0 saturated carbocycles. The van der Waals surface area contributed by atoms with Crippen LogP contribution in [-0.2, 0) is 21.3 Å². The number of halogens is 1. The fraction of sp³-hybridized carbons (Fsp3) is 0.423. The van der Waals surface area contributed by atoms with Crippen molar-refractivity contribution in [2.45, 2.75) is 26.1 Å². The number of esters is 1. The molecule has 39 heavy (non-hydrogen) atoms. The number of hydrogen-bond donors (Lipinski definition) is 1. The van der Waals surface area contributed by atoms with Gasteiger partial charge in [0.2, 0.25) is 5.88 Å². The molecule has 0 spiro atoms. The molecule has 1 aromatic carbocycles. The maximum absolute atomic E-state index is 12.0. The number of aryl methyl sites for hydroxylation is 1. The van der Waals surface area contributed by atoms with Crippen molar-refractivity contribution in [3.8, 4) is 17.1 Å². The molecule has 0 amide bonds. The second-order valence-electron chi connectivity index (χ2n) is 9.13. The molecule has 0 bridgehead atoms. The molecule has 2 aromatic heterocycles. The van der Waals surface area contributed by atoms with Gasteiger partial charge in [-0.3, -0.25) is 10.1 Å². The summed E-state index contributed by atoms with van der Waals surface area (Å²) in [6.07, 6.45) is 2.64. The third-order valence-electron chi connectivity index (χ3n) is 6.21. The van der Waals surface area contributed by atoms with E-state index in [1.165, 1.54) is 19.2 Å². The highest BCUT2D eigenvalue weighted by molar-refractivity contribution is 6.29. The third-order valence-corrected chi connectivity index (χ3v) is 6.40. The minimum atomic E-state index is -0.522. The van der Waals surface area contributed by atoms with Crippen molar-refractivity contribution < 1.29 is 28.7 Å². The van der Waals surface area contributed by atoms with Crippen molar-refractivity contribution in [3.63, 3.8) is 0 Å². The van der Waals surface area contributed by atoms with Crippen LogP contribution in [0.15, 0.2) is 36.5 Å². The van der Waals surface area contributed by atoms with Gasteiger partial charge >= 0.3 is 5.97 Å². The molecule has 4 rings (SSSR count). The second-order valence-corrected chi connectivity index (χ2v) is 9.51. The summed E-state index contributed by atoms with van der Waals surface area (Å²) in [5.74, 6) is 0.181. The van der Waals surface area contributed by atoms with Crippen LogP contribution in [-0.4, -0.2) is 59.1 Å². The number of aromatic nitrogens is 3. The molecule has 1 aliphatic rings. The largest absolute Gasteiger partial charge is 0.477 e. The van der Waals surface area contributed by atoms with E-state index >= 15 is 0 Å². The van der Waals surface area contributed by atoms with Crippen LogP contribution in [0.3, 0.4) is 0 Å². The summed E-state index contributed by atoms with van der Waals surface area (Å²) in [4.78, 5) is 27.4. The van der Waals surface area contributed by atoms with E-state index in [9.17, 15) is 14.9 Å². The first-order valence-corrected chi connectivity index (χ1v) is 12.8. The highest BCUT2D eigenvalue weighted by Gasteiger charge is 2.23. The molecule has 1 aliphatic heterocycles. The molecule has 12 nitrogen and oxygen atoms in total. The molecular formula is C26H30ClN5O7. The summed E-state index contributed by atoms with van der Waals surface area (Å²) in [7, 11) is 3.05. The molecule has 1 fully saturated rings. The summed E-state index contributed by atoms with van der Waals surface area (Å²) in [5, 5.41) is 19.1. The van der Waals surface area contributed by atoms with E-state index in [-0.39, 0.29) is 22.3 Å². The van der Waals surface area contributed by atoms with Crippen LogP contribution in [0.2, 0.25) is 5.15 Å². The molecule has 1 atom stereocenters. The van der Waals surface area contributed by atoms with Crippen LogP contribution < -0.4 is 10.1 Å². The fourth-order valence-corrected chi connectivity index (χ4v) is 4.39. The van der Waals surface area contributed by atoms with Crippen LogP contribution >= 0.6 is 11.6 Å². The van der Waals surface area contributed by atoms with E-state index < -0.39 is 17.2 Å². The van der Waals surface area contributed by atoms with Gasteiger partial charge in [0.15, 0.2) is 6.29 Å². The van der Waals surface area contributed by atoms with Crippen molar-refractivity contribution in [2.24, 2.45) is 13.0 Å². The van der Waals surface area contributed by atoms with Crippen LogP contribution in [0.5, 0.6) is 5.88 Å². The Morgan fingerprint density at radius 2 is 2.08 bits per heavy atom. The van der Waals surface area contributed by atoms with Crippen LogP contribution in [0.1, 0.15) is 42.0 Å². The highest BCUT2D eigenvalue weighted by atomic mass is 35.5. The second kappa shape index (κ2) is 12.9. The molecule has 1 saturated heterocycles. The van der Waals surface area contributed by atoms with Gasteiger partial charge in [0.05, 0.1) is 54.9 Å². The van der Waals surface area contributed by atoms with Crippen LogP contribution in [0.25, 0.3) is 11.3 Å². The van der Waals surface area contributed by atoms with E-state index in [2.05, 4.69) is 22.3 Å². The minimum absolute atomic E-state index is 0.000925. The molecule has 0 aliphatic carbocycles. The molecule has 1 N–H and O–H groups in total. The number of nitrogens with one attached hydrogen (secondary N) is 1. The summed E-state index contributed by atoms with van der Waals surface area (Å²) in [6, 6.07) is 7.85. The maximum Gasteiger partial charge on any atom is 0.338 e. The molecule has 3 aromatic rings. The molecular weight excluding hydrogens is 530 g/mol. The van der Waals surface area contributed by atoms with Crippen molar-refractivity contribution in [3.05, 3.63) is 62.9 Å². The van der Waals surface area contributed by atoms with Crippen molar-refractivity contribution in [1.29, 1.82) is 0 Å². The Morgan fingerprint density at radius 1 is 1.31 bits per heavy atom. The van der Waals surface area contributed by atoms with Gasteiger partial charge in [-0.15, -0.1) is 0 Å². The van der Waals surface area contributed by atoms with E-state index in [1.54, 1.807) is 36.1 Å². The van der Waals surface area contributed by atoms with E-state index in [4.69, 9.17) is 30.5 Å². The lowest BCUT2D eigenvalue weighted by Gasteiger charge is -2.16. The van der Waals surface area contributed by atoms with E-state index in [0.717, 1.165) is 18.4 Å². The zero-order chi connectivity index (χ0) is 27.9. The van der Waals surface area contributed by atoms with E-state index in [0.29, 0.717) is 49.2 Å². The number of benzene rings is 1. The molecule has 13 heteroatoms. The number of hydrogen-bond acceptors (Lipinski definition) is 10. The lowest BCUT2D eigenvalue weighted by atomic mass is 10.1. The average molecular weight is 560 g/mol. The highest BCUT2D eigenvalue weighted by Crippen LogP contribution is 2.32. The number of pyridine rings is 1. The van der Waals surface area contributed by atoms with Crippen molar-refractivity contribution in [1.82, 2.24) is 14.8 Å². The number of nitrogens with zero attached hydrogens (tertiary/aromatic N) is 4. The zero-order valence-corrected chi connectivity index (χ0v) is 22.6. The maximum atomic E-state index is 12.0. The summed E-state index contributed by atoms with van der Waals surface area (Å²) >= 11 is 6.12. The topological polar surface area (TPSA) is 140 Å². The standard InChI is InChI=1S/C26H30ClN5O7/c1-16(14-28-21-11-17(26-38-9-10-39-26)6-7-22(21)32(34)35)5-4-8-37-24-19(15-29-31(24)2)20-12-18(25(33)36-3)13-23(27)30-20/h6-7,11-13,15-16,26,28H,4-5,8-10,14H2,1-3H3. The monoisotopic (exact) mass is 559 g/mol. The molecule has 208 valence electrons. The van der Waals surface area contributed by atoms with Gasteiger partial charge in [0.1, 0.15) is 10.8 Å². The average Bonchev–Trinajstić information content (AvgIpc) is 3.59. The quantitative estimate of drug-likeness (QED) is 0.108. The number of ether oxygens (including phenoxy) is 4. The molecule has 1 unspecified atom stereocenters. The Balaban J connectivity index is 1.33. The number of nitro groups is 1. The van der Waals surface area contributed by atoms with Gasteiger partial charge in [-0.05, 0) is 43.0 Å². The van der Waals surface area contributed by atoms with Crippen LogP contribution in [0, 0.1) is 16.0 Å². The Morgan fingerprint density at radius 3 is 2.79 bits per heavy atom. The van der Waals surface area contributed by atoms with E-state index in [1.807, 2.05) is 0 Å². The Bertz CT molecular complexity index is 1330. The number of methoxy groups -OCH3 is 1. The number of carbonyl (C=O) groups is 1. The zero-order valence-electron chi connectivity index (χ0n) is 21.9. The lowest BCUT2D eigenvalue weighted by molar-refractivity contribution is -0.384. The SMILES string of the molecule is COC(=O)c1cc(Cl)nc(-c2cnn(C)c2OCCCC(C)CNc2cc(C3OCCO3)ccc2[N+](=O)[O-])c1. The van der Waals surface area contributed by atoms with Crippen LogP contribution in [0.4, 0.5) is 11.4 Å². The van der Waals surface area contributed by atoms with Crippen molar-refractivity contribution >= 4 is 28.9 Å². The summed E-state index contributed by atoms with van der Waals surface area (Å²) in [6.45, 7) is 4.00. The number of carbonyl (C=O) groups excluding carboxylic acids is 1. The smallest absolute Gasteiger partial charge is 0.338 e. The third kappa shape index (κ3) is 7.02. The first-order valence-electron chi connectivity index (χ1n) is 12.4. The first-order chi connectivity index (χ1) is 18.8. The van der Waals surface area contributed by atoms with Gasteiger partial charge in [0.25, 0.3) is 5.69 Å². The normalized spacial score (nSPS) is 14.3. The summed E-state index contributed by atoms with van der Waals surface area (Å²) in [5.41, 5.74) is 2.49. The Hall–Kier alpha value is -3.74. The number of anilines is 1. The predicted octanol–water partition coefficient (Wildman–Crippen LogP) is 4.78. The van der Waals surface area contributed by atoms with Gasteiger partial charge in [-0.25, -0.2) is 14.5 Å². The predicted molar refractivity (Wildman–Crippen MR) is 143 cm³/mol. The molecule has 0 radical (unpaired) electrons. The molecule has 3 heterocycles. The van der Waals surface area contributed by atoms with Gasteiger partial charge in [-0.1, -0.05) is 18.5 Å². The lowest BCUT2D eigenvalue weighted by Crippen LogP contribution is -2.14. The van der Waals surface area contributed by atoms with Gasteiger partial charge < -0.3 is 24.3 Å². The fourth-order valence-electron chi connectivity index (χ4n) is 4.18. The van der Waals surface area contributed by atoms with Crippen molar-refractivity contribution in [2.75, 3.05) is 38.8 Å².